The van der Waals surface area contributed by atoms with Gasteiger partial charge in [0.05, 0.1) is 6.61 Å². The lowest BCUT2D eigenvalue weighted by molar-refractivity contribution is -0.117. The fourth-order valence-electron chi connectivity index (χ4n) is 4.02. The number of likely N-dealkylation sites (tertiary alicyclic amines) is 1. The monoisotopic (exact) mass is 421 g/mol. The number of carbonyl (C=O) groups excluding carboxylic acids is 3. The number of ketones is 2. The Morgan fingerprint density at radius 2 is 1.77 bits per heavy atom. The summed E-state index contributed by atoms with van der Waals surface area (Å²) in [4.78, 5) is 35.5. The summed E-state index contributed by atoms with van der Waals surface area (Å²) in [6.07, 6.45) is 16.5. The minimum Gasteiger partial charge on any atom is -0.380 e. The maximum atomic E-state index is 11.6. The summed E-state index contributed by atoms with van der Waals surface area (Å²) in [6.45, 7) is 7.14. The first-order valence-corrected chi connectivity index (χ1v) is 12.0. The zero-order chi connectivity index (χ0) is 22.0. The number of ether oxygens (including phenoxy) is 1. The number of hydrogen-bond donors (Lipinski definition) is 0. The number of rotatable bonds is 19. The van der Waals surface area contributed by atoms with Gasteiger partial charge in [0, 0.05) is 38.5 Å². The second kappa shape index (κ2) is 17.4. The van der Waals surface area contributed by atoms with E-state index in [1.54, 1.807) is 13.0 Å². The zero-order valence-electron chi connectivity index (χ0n) is 19.3. The molecule has 1 aliphatic heterocycles. The van der Waals surface area contributed by atoms with E-state index in [0.717, 1.165) is 84.0 Å². The van der Waals surface area contributed by atoms with Crippen LogP contribution in [0.5, 0.6) is 0 Å². The van der Waals surface area contributed by atoms with E-state index in [9.17, 15) is 14.4 Å². The van der Waals surface area contributed by atoms with Crippen molar-refractivity contribution in [1.82, 2.24) is 4.90 Å². The van der Waals surface area contributed by atoms with Crippen molar-refractivity contribution in [2.24, 2.45) is 5.92 Å². The van der Waals surface area contributed by atoms with Crippen molar-refractivity contribution in [3.8, 4) is 0 Å². The summed E-state index contributed by atoms with van der Waals surface area (Å²) in [5, 5.41) is 0. The Morgan fingerprint density at radius 1 is 1.03 bits per heavy atom. The largest absolute Gasteiger partial charge is 0.380 e. The van der Waals surface area contributed by atoms with Crippen molar-refractivity contribution in [1.29, 1.82) is 0 Å². The Balaban J connectivity index is 2.32. The number of carbonyl (C=O) groups is 3. The zero-order valence-corrected chi connectivity index (χ0v) is 19.3. The molecule has 0 amide bonds. The number of Topliss-reactive ketones (excluding diaryl/α,β-unsaturated/α-hetero) is 1. The van der Waals surface area contributed by atoms with Crippen molar-refractivity contribution in [3.63, 3.8) is 0 Å². The van der Waals surface area contributed by atoms with Crippen LogP contribution < -0.4 is 0 Å². The first-order valence-electron chi connectivity index (χ1n) is 12.0. The highest BCUT2D eigenvalue weighted by molar-refractivity contribution is 5.89. The van der Waals surface area contributed by atoms with Crippen LogP contribution in [0.4, 0.5) is 0 Å². The molecule has 0 aromatic carbocycles. The molecule has 0 aromatic heterocycles. The molecule has 5 heteroatoms. The number of allylic oxidation sites excluding steroid dienone is 1. The fraction of sp³-hybridized carbons (Fsp3) is 0.800. The molecule has 1 rings (SSSR count). The van der Waals surface area contributed by atoms with Gasteiger partial charge in [-0.1, -0.05) is 38.7 Å². The molecular weight excluding hydrogens is 378 g/mol. The Bertz CT molecular complexity index is 517. The number of nitrogens with zero attached hydrogens (tertiary/aromatic N) is 1. The summed E-state index contributed by atoms with van der Waals surface area (Å²) >= 11 is 0. The minimum atomic E-state index is 0.193. The van der Waals surface area contributed by atoms with Crippen LogP contribution in [0.25, 0.3) is 0 Å². The van der Waals surface area contributed by atoms with E-state index in [1.807, 2.05) is 6.92 Å². The average Bonchev–Trinajstić information content (AvgIpc) is 3.12. The molecule has 1 fully saturated rings. The third-order valence-electron chi connectivity index (χ3n) is 5.86. The topological polar surface area (TPSA) is 63.7 Å². The van der Waals surface area contributed by atoms with Gasteiger partial charge in [0.1, 0.15) is 12.1 Å². The van der Waals surface area contributed by atoms with E-state index in [4.69, 9.17) is 4.74 Å². The third-order valence-corrected chi connectivity index (χ3v) is 5.86. The molecule has 0 bridgehead atoms. The van der Waals surface area contributed by atoms with Gasteiger partial charge in [-0.15, -0.1) is 0 Å². The Kier molecular flexibility index (Phi) is 15.5. The van der Waals surface area contributed by atoms with E-state index >= 15 is 0 Å². The van der Waals surface area contributed by atoms with Gasteiger partial charge in [0.15, 0.2) is 5.78 Å². The summed E-state index contributed by atoms with van der Waals surface area (Å²) in [5.41, 5.74) is 0. The van der Waals surface area contributed by atoms with E-state index < -0.39 is 0 Å². The van der Waals surface area contributed by atoms with Gasteiger partial charge in [0.25, 0.3) is 0 Å². The maximum Gasteiger partial charge on any atom is 0.155 e. The van der Waals surface area contributed by atoms with Crippen LogP contribution in [0, 0.1) is 5.92 Å². The van der Waals surface area contributed by atoms with Gasteiger partial charge in [-0.2, -0.15) is 0 Å². The lowest BCUT2D eigenvalue weighted by Crippen LogP contribution is -2.34. The summed E-state index contributed by atoms with van der Waals surface area (Å²) in [5.74, 6) is 0.889. The first-order chi connectivity index (χ1) is 14.6. The minimum absolute atomic E-state index is 0.193. The molecule has 1 aliphatic rings. The Hall–Kier alpha value is -1.33. The molecule has 0 saturated carbocycles. The maximum absolute atomic E-state index is 11.6. The lowest BCUT2D eigenvalue weighted by Gasteiger charge is -2.24. The van der Waals surface area contributed by atoms with Crippen molar-refractivity contribution < 1.29 is 19.1 Å². The van der Waals surface area contributed by atoms with Crippen LogP contribution in [-0.2, 0) is 19.1 Å². The Morgan fingerprint density at radius 3 is 2.50 bits per heavy atom. The molecule has 0 aliphatic carbocycles. The van der Waals surface area contributed by atoms with Crippen molar-refractivity contribution in [2.75, 3.05) is 26.3 Å². The molecule has 172 valence electrons. The van der Waals surface area contributed by atoms with Crippen molar-refractivity contribution >= 4 is 17.9 Å². The number of aldehydes is 1. The molecule has 0 radical (unpaired) electrons. The second-order valence-corrected chi connectivity index (χ2v) is 8.63. The third kappa shape index (κ3) is 13.1. The second-order valence-electron chi connectivity index (χ2n) is 8.63. The smallest absolute Gasteiger partial charge is 0.155 e. The van der Waals surface area contributed by atoms with E-state index in [2.05, 4.69) is 11.0 Å². The highest BCUT2D eigenvalue weighted by Crippen LogP contribution is 2.25. The molecule has 30 heavy (non-hydrogen) atoms. The lowest BCUT2D eigenvalue weighted by atomic mass is 10.0. The fourth-order valence-corrected chi connectivity index (χ4v) is 4.02. The van der Waals surface area contributed by atoms with Gasteiger partial charge in [-0.3, -0.25) is 9.69 Å². The highest BCUT2D eigenvalue weighted by atomic mass is 16.5. The summed E-state index contributed by atoms with van der Waals surface area (Å²) < 4.78 is 6.00. The van der Waals surface area contributed by atoms with Crippen molar-refractivity contribution in [3.05, 3.63) is 12.2 Å². The molecule has 2 atom stereocenters. The predicted molar refractivity (Wildman–Crippen MR) is 122 cm³/mol. The van der Waals surface area contributed by atoms with Crippen LogP contribution in [0.1, 0.15) is 90.9 Å². The van der Waals surface area contributed by atoms with Gasteiger partial charge in [-0.05, 0) is 57.6 Å². The van der Waals surface area contributed by atoms with Gasteiger partial charge in [0.2, 0.25) is 0 Å². The van der Waals surface area contributed by atoms with Crippen LogP contribution in [0.3, 0.4) is 0 Å². The SMILES string of the molecule is CCC(=O)/C=C/[C@H]1C[C@@H](COCCCCCCCC=O)N(CCCCCC(C)=O)C1. The molecule has 0 spiro atoms. The predicted octanol–water partition coefficient (Wildman–Crippen LogP) is 4.92. The molecule has 5 nitrogen and oxygen atoms in total. The quantitative estimate of drug-likeness (QED) is 0.168. The average molecular weight is 422 g/mol. The Labute approximate surface area is 183 Å². The molecular formula is C25H43NO4. The summed E-state index contributed by atoms with van der Waals surface area (Å²) in [6, 6.07) is 0.414. The van der Waals surface area contributed by atoms with E-state index in [0.29, 0.717) is 31.2 Å². The molecule has 1 heterocycles. The molecule has 0 aromatic rings. The molecule has 0 unspecified atom stereocenters. The highest BCUT2D eigenvalue weighted by Gasteiger charge is 2.30. The standard InChI is InChI=1S/C25H43NO4/c1-3-25(29)15-14-23-19-24(21-30-18-12-7-5-4-6-11-17-27)26(20-23)16-10-8-9-13-22(2)28/h14-15,17,23-24H,3-13,16,18-21H2,1-2H3/b15-14+/t23-,24-/m0/s1. The first kappa shape index (κ1) is 26.7. The summed E-state index contributed by atoms with van der Waals surface area (Å²) in [7, 11) is 0. The van der Waals surface area contributed by atoms with E-state index in [1.165, 1.54) is 6.42 Å². The number of hydrogen-bond acceptors (Lipinski definition) is 5. The van der Waals surface area contributed by atoms with Gasteiger partial charge >= 0.3 is 0 Å². The number of unbranched alkanes of at least 4 members (excludes halogenated alkanes) is 7. The van der Waals surface area contributed by atoms with Crippen LogP contribution in [-0.4, -0.2) is 55.1 Å². The molecule has 0 N–H and O–H groups in total. The van der Waals surface area contributed by atoms with Crippen LogP contribution in [0.15, 0.2) is 12.2 Å². The van der Waals surface area contributed by atoms with Gasteiger partial charge in [-0.25, -0.2) is 0 Å². The normalized spacial score (nSPS) is 19.5. The molecule has 1 saturated heterocycles. The van der Waals surface area contributed by atoms with Crippen molar-refractivity contribution in [2.45, 2.75) is 96.9 Å². The van der Waals surface area contributed by atoms with Gasteiger partial charge < -0.3 is 14.3 Å². The van der Waals surface area contributed by atoms with Crippen LogP contribution >= 0.6 is 0 Å². The van der Waals surface area contributed by atoms with E-state index in [-0.39, 0.29) is 11.6 Å². The van der Waals surface area contributed by atoms with Crippen LogP contribution in [0.2, 0.25) is 0 Å².